The lowest BCUT2D eigenvalue weighted by Crippen LogP contribution is -2.37. The van der Waals surface area contributed by atoms with Crippen LogP contribution in [-0.4, -0.2) is 53.5 Å². The first-order valence-corrected chi connectivity index (χ1v) is 14.5. The summed E-state index contributed by atoms with van der Waals surface area (Å²) in [6.07, 6.45) is 6.41. The van der Waals surface area contributed by atoms with Crippen LogP contribution in [0.25, 0.3) is 6.08 Å². The highest BCUT2D eigenvalue weighted by molar-refractivity contribution is 8.26. The number of carbonyl (C=O) groups is 1. The molecule has 0 N–H and O–H groups in total. The number of methoxy groups -OCH3 is 2. The lowest BCUT2D eigenvalue weighted by Gasteiger charge is -2.33. The Bertz CT molecular complexity index is 1400. The number of hydrogen-bond donors (Lipinski definition) is 0. The molecular weight excluding hydrogens is 532 g/mol. The molecule has 2 fully saturated rings. The topological polar surface area (TPSA) is 87.8 Å². The number of anilines is 1. The summed E-state index contributed by atoms with van der Waals surface area (Å²) in [5.41, 5.74) is 2.21. The third-order valence-corrected chi connectivity index (χ3v) is 8.55. The van der Waals surface area contributed by atoms with Crippen LogP contribution in [0.4, 0.5) is 5.82 Å². The number of ether oxygens (including phenoxy) is 2. The van der Waals surface area contributed by atoms with Gasteiger partial charge in [0.1, 0.15) is 21.8 Å². The number of thioether (sulfide) groups is 1. The lowest BCUT2D eigenvalue weighted by atomic mass is 10.0. The van der Waals surface area contributed by atoms with Crippen LogP contribution in [0.5, 0.6) is 11.5 Å². The first-order chi connectivity index (χ1) is 18.8. The van der Waals surface area contributed by atoms with E-state index in [2.05, 4.69) is 11.0 Å². The molecule has 1 aromatic heterocycles. The van der Waals surface area contributed by atoms with Gasteiger partial charge in [0.25, 0.3) is 11.5 Å². The van der Waals surface area contributed by atoms with Crippen LogP contribution in [0.1, 0.15) is 54.9 Å². The van der Waals surface area contributed by atoms with Crippen molar-refractivity contribution in [2.45, 2.75) is 52.5 Å². The number of pyridine rings is 1. The van der Waals surface area contributed by atoms with E-state index >= 15 is 0 Å². The van der Waals surface area contributed by atoms with Gasteiger partial charge in [-0.2, -0.15) is 5.26 Å². The summed E-state index contributed by atoms with van der Waals surface area (Å²) in [4.78, 5) is 31.2. The van der Waals surface area contributed by atoms with Gasteiger partial charge in [-0.25, -0.2) is 0 Å². The first kappa shape index (κ1) is 28.7. The van der Waals surface area contributed by atoms with E-state index in [-0.39, 0.29) is 17.0 Å². The monoisotopic (exact) mass is 566 g/mol. The maximum absolute atomic E-state index is 13.6. The van der Waals surface area contributed by atoms with E-state index in [1.165, 1.54) is 11.8 Å². The van der Waals surface area contributed by atoms with E-state index in [1.807, 2.05) is 31.2 Å². The van der Waals surface area contributed by atoms with E-state index in [4.69, 9.17) is 21.7 Å². The molecule has 2 saturated heterocycles. The number of thiocarbonyl (C=S) groups is 1. The Balaban J connectivity index is 1.69. The number of nitriles is 1. The molecule has 4 rings (SSSR count). The van der Waals surface area contributed by atoms with Crippen molar-refractivity contribution in [3.05, 3.63) is 55.7 Å². The highest BCUT2D eigenvalue weighted by atomic mass is 32.2. The number of benzene rings is 1. The van der Waals surface area contributed by atoms with Crippen LogP contribution in [0.2, 0.25) is 0 Å². The summed E-state index contributed by atoms with van der Waals surface area (Å²) in [5.74, 6) is 1.92. The minimum absolute atomic E-state index is 0.124. The second-order valence-electron chi connectivity index (χ2n) is 9.63. The Labute approximate surface area is 239 Å². The van der Waals surface area contributed by atoms with Crippen molar-refractivity contribution in [3.63, 3.8) is 0 Å². The minimum atomic E-state index is -0.267. The molecule has 10 heteroatoms. The minimum Gasteiger partial charge on any atom is -0.493 e. The Morgan fingerprint density at radius 3 is 2.46 bits per heavy atom. The quantitative estimate of drug-likeness (QED) is 0.313. The molecular formula is C29H34N4O4S2. The molecule has 0 bridgehead atoms. The summed E-state index contributed by atoms with van der Waals surface area (Å²) in [7, 11) is 3.19. The fraction of sp³-hybridized carbons (Fsp3) is 0.448. The molecule has 39 heavy (non-hydrogen) atoms. The Morgan fingerprint density at radius 2 is 1.82 bits per heavy atom. The van der Waals surface area contributed by atoms with Crippen LogP contribution in [-0.2, 0) is 17.8 Å². The fourth-order valence-electron chi connectivity index (χ4n) is 5.12. The van der Waals surface area contributed by atoms with E-state index in [9.17, 15) is 14.9 Å². The number of rotatable bonds is 9. The molecule has 0 saturated carbocycles. The van der Waals surface area contributed by atoms with Gasteiger partial charge in [0, 0.05) is 31.7 Å². The largest absolute Gasteiger partial charge is 0.493 e. The van der Waals surface area contributed by atoms with Crippen molar-refractivity contribution in [1.82, 2.24) is 9.47 Å². The average Bonchev–Trinajstić information content (AvgIpc) is 3.22. The van der Waals surface area contributed by atoms with Gasteiger partial charge in [0.15, 0.2) is 11.5 Å². The molecule has 0 aliphatic carbocycles. The van der Waals surface area contributed by atoms with E-state index in [1.54, 1.807) is 30.6 Å². The molecule has 0 radical (unpaired) electrons. The number of carbonyl (C=O) groups excluding carboxylic acids is 1. The van der Waals surface area contributed by atoms with Crippen molar-refractivity contribution in [2.24, 2.45) is 0 Å². The lowest BCUT2D eigenvalue weighted by molar-refractivity contribution is -0.122. The summed E-state index contributed by atoms with van der Waals surface area (Å²) >= 11 is 6.87. The van der Waals surface area contributed by atoms with Crippen LogP contribution in [0, 0.1) is 18.3 Å². The van der Waals surface area contributed by atoms with Gasteiger partial charge >= 0.3 is 0 Å². The number of aromatic nitrogens is 1. The van der Waals surface area contributed by atoms with E-state index < -0.39 is 0 Å². The van der Waals surface area contributed by atoms with Gasteiger partial charge in [0.2, 0.25) is 0 Å². The highest BCUT2D eigenvalue weighted by Crippen LogP contribution is 2.37. The maximum Gasteiger partial charge on any atom is 0.270 e. The number of amides is 1. The number of hydrogen-bond acceptors (Lipinski definition) is 8. The molecule has 0 atom stereocenters. The Hall–Kier alpha value is -3.29. The Kier molecular flexibility index (Phi) is 9.36. The zero-order valence-corrected chi connectivity index (χ0v) is 24.5. The molecule has 8 nitrogen and oxygen atoms in total. The molecule has 2 aliphatic heterocycles. The van der Waals surface area contributed by atoms with Crippen LogP contribution < -0.4 is 19.9 Å². The number of piperidine rings is 1. The molecule has 1 amide bonds. The smallest absolute Gasteiger partial charge is 0.270 e. The summed E-state index contributed by atoms with van der Waals surface area (Å²) in [5, 5.41) is 9.85. The van der Waals surface area contributed by atoms with Gasteiger partial charge in [0.05, 0.1) is 19.1 Å². The molecule has 2 aromatic rings. The second kappa shape index (κ2) is 12.7. The van der Waals surface area contributed by atoms with Gasteiger partial charge < -0.3 is 14.4 Å². The molecule has 0 spiro atoms. The van der Waals surface area contributed by atoms with Gasteiger partial charge in [-0.05, 0) is 68.4 Å². The highest BCUT2D eigenvalue weighted by Gasteiger charge is 2.33. The van der Waals surface area contributed by atoms with Crippen molar-refractivity contribution in [3.8, 4) is 17.6 Å². The summed E-state index contributed by atoms with van der Waals surface area (Å²) in [6.45, 7) is 6.42. The first-order valence-electron chi connectivity index (χ1n) is 13.2. The van der Waals surface area contributed by atoms with Crippen molar-refractivity contribution in [1.29, 1.82) is 5.26 Å². The zero-order valence-electron chi connectivity index (χ0n) is 22.9. The molecule has 0 unspecified atom stereocenters. The predicted octanol–water partition coefficient (Wildman–Crippen LogP) is 4.89. The van der Waals surface area contributed by atoms with Crippen LogP contribution in [0.15, 0.2) is 27.9 Å². The van der Waals surface area contributed by atoms with Gasteiger partial charge in [-0.1, -0.05) is 37.0 Å². The summed E-state index contributed by atoms with van der Waals surface area (Å²) < 4.78 is 12.9. The molecule has 3 heterocycles. The second-order valence-corrected chi connectivity index (χ2v) is 11.3. The van der Waals surface area contributed by atoms with Gasteiger partial charge in [-0.15, -0.1) is 0 Å². The van der Waals surface area contributed by atoms with E-state index in [0.717, 1.165) is 55.7 Å². The number of nitrogens with zero attached hydrogens (tertiary/aromatic N) is 4. The normalized spacial score (nSPS) is 16.6. The average molecular weight is 567 g/mol. The maximum atomic E-state index is 13.6. The zero-order chi connectivity index (χ0) is 28.1. The molecule has 2 aliphatic rings. The van der Waals surface area contributed by atoms with Gasteiger partial charge in [-0.3, -0.25) is 19.1 Å². The molecule has 1 aromatic carbocycles. The Morgan fingerprint density at radius 1 is 1.10 bits per heavy atom. The van der Waals surface area contributed by atoms with Crippen LogP contribution in [0.3, 0.4) is 0 Å². The van der Waals surface area contributed by atoms with E-state index in [0.29, 0.717) is 45.8 Å². The third-order valence-electron chi connectivity index (χ3n) is 7.17. The summed E-state index contributed by atoms with van der Waals surface area (Å²) in [6, 6.07) is 7.81. The van der Waals surface area contributed by atoms with Crippen molar-refractivity contribution < 1.29 is 14.3 Å². The molecule has 206 valence electrons. The van der Waals surface area contributed by atoms with Crippen LogP contribution >= 0.6 is 24.0 Å². The van der Waals surface area contributed by atoms with Crippen molar-refractivity contribution in [2.75, 3.05) is 38.8 Å². The standard InChI is InChI=1S/C29H34N4O4S2/c1-5-12-32-26(31-13-7-6-8-14-31)21(19(2)22(18-30)27(32)34)17-25-28(35)33(29(38)39-25)15-11-20-9-10-23(36-3)24(16-20)37-4/h9-10,16-17H,5-8,11-15H2,1-4H3. The SMILES string of the molecule is CCCn1c(N2CCCCC2)c(C=C2SC(=S)N(CCc3ccc(OC)c(OC)c3)C2=O)c(C)c(C#N)c1=O. The van der Waals surface area contributed by atoms with Crippen molar-refractivity contribution >= 4 is 46.1 Å². The predicted molar refractivity (Wildman–Crippen MR) is 160 cm³/mol. The third kappa shape index (κ3) is 5.85. The fourth-order valence-corrected chi connectivity index (χ4v) is 6.41.